The molecule has 0 unspecified atom stereocenters. The highest BCUT2D eigenvalue weighted by atomic mass is 32.2. The van der Waals surface area contributed by atoms with Crippen LogP contribution in [0.5, 0.6) is 0 Å². The predicted octanol–water partition coefficient (Wildman–Crippen LogP) is 3.07. The Bertz CT molecular complexity index is 543. The Morgan fingerprint density at radius 2 is 1.75 bits per heavy atom. The molecule has 1 N–H and O–H groups in total. The van der Waals surface area contributed by atoms with E-state index in [9.17, 15) is 4.79 Å². The minimum atomic E-state index is -0.0537. The molecule has 0 fully saturated rings. The van der Waals surface area contributed by atoms with Crippen LogP contribution in [0.4, 0.5) is 0 Å². The molecule has 1 aromatic carbocycles. The summed E-state index contributed by atoms with van der Waals surface area (Å²) in [6.45, 7) is 1.92. The molecule has 0 spiro atoms. The summed E-state index contributed by atoms with van der Waals surface area (Å²) < 4.78 is 0. The Morgan fingerprint density at radius 3 is 2.31 bits per heavy atom. The fraction of sp³-hybridized carbons (Fsp3) is 0.154. The average Bonchev–Trinajstić information content (AvgIpc) is 2.29. The summed E-state index contributed by atoms with van der Waals surface area (Å²) >= 11 is 1.72. The van der Waals surface area contributed by atoms with E-state index in [1.54, 1.807) is 17.8 Å². The van der Waals surface area contributed by atoms with Gasteiger partial charge in [-0.25, -0.2) is 0 Å². The molecule has 0 radical (unpaired) electrons. The molecule has 0 aliphatic rings. The van der Waals surface area contributed by atoms with Crippen molar-refractivity contribution in [2.75, 3.05) is 6.26 Å². The first-order chi connectivity index (χ1) is 7.70. The van der Waals surface area contributed by atoms with Crippen LogP contribution in [0.15, 0.2) is 46.1 Å². The van der Waals surface area contributed by atoms with E-state index in [0.717, 1.165) is 16.8 Å². The van der Waals surface area contributed by atoms with E-state index in [1.807, 2.05) is 13.0 Å². The largest absolute Gasteiger partial charge is 0.326 e. The number of thioether (sulfide) groups is 1. The van der Waals surface area contributed by atoms with Gasteiger partial charge in [-0.2, -0.15) is 0 Å². The maximum absolute atomic E-state index is 11.1. The van der Waals surface area contributed by atoms with Gasteiger partial charge in [0, 0.05) is 22.2 Å². The van der Waals surface area contributed by atoms with Crippen LogP contribution in [-0.2, 0) is 0 Å². The third-order valence-electron chi connectivity index (χ3n) is 2.52. The fourth-order valence-electron chi connectivity index (χ4n) is 1.66. The standard InChI is InChI=1S/C13H13NOS/c1-9-12(7-8-13(15)14-9)10-3-5-11(16-2)6-4-10/h3-8H,1-2H3,(H,14,15). The Hall–Kier alpha value is -1.48. The molecule has 2 rings (SSSR count). The number of aromatic nitrogens is 1. The van der Waals surface area contributed by atoms with Crippen LogP contribution >= 0.6 is 11.8 Å². The Labute approximate surface area is 98.7 Å². The molecule has 16 heavy (non-hydrogen) atoms. The van der Waals surface area contributed by atoms with Gasteiger partial charge in [0.15, 0.2) is 0 Å². The van der Waals surface area contributed by atoms with Crippen LogP contribution < -0.4 is 5.56 Å². The number of hydrogen-bond donors (Lipinski definition) is 1. The van der Waals surface area contributed by atoms with Crippen LogP contribution in [0.25, 0.3) is 11.1 Å². The summed E-state index contributed by atoms with van der Waals surface area (Å²) in [6, 6.07) is 11.8. The van der Waals surface area contributed by atoms with E-state index in [2.05, 4.69) is 35.5 Å². The minimum absolute atomic E-state index is 0.0537. The fourth-order valence-corrected chi connectivity index (χ4v) is 2.07. The van der Waals surface area contributed by atoms with Crippen molar-refractivity contribution in [1.82, 2.24) is 4.98 Å². The molecule has 0 saturated carbocycles. The lowest BCUT2D eigenvalue weighted by Crippen LogP contribution is -2.05. The van der Waals surface area contributed by atoms with Gasteiger partial charge in [0.25, 0.3) is 0 Å². The second kappa shape index (κ2) is 4.58. The maximum atomic E-state index is 11.1. The summed E-state index contributed by atoms with van der Waals surface area (Å²) in [7, 11) is 0. The normalized spacial score (nSPS) is 10.4. The van der Waals surface area contributed by atoms with E-state index in [1.165, 1.54) is 4.90 Å². The van der Waals surface area contributed by atoms with Crippen molar-refractivity contribution in [3.8, 4) is 11.1 Å². The molecular weight excluding hydrogens is 218 g/mol. The molecule has 2 nitrogen and oxygen atoms in total. The summed E-state index contributed by atoms with van der Waals surface area (Å²) in [5.74, 6) is 0. The van der Waals surface area contributed by atoms with Crippen LogP contribution in [-0.4, -0.2) is 11.2 Å². The van der Waals surface area contributed by atoms with Gasteiger partial charge in [0.05, 0.1) is 0 Å². The number of pyridine rings is 1. The maximum Gasteiger partial charge on any atom is 0.248 e. The van der Waals surface area contributed by atoms with Crippen LogP contribution in [0, 0.1) is 6.92 Å². The molecule has 1 aromatic heterocycles. The lowest BCUT2D eigenvalue weighted by molar-refractivity contribution is 1.15. The van der Waals surface area contributed by atoms with E-state index >= 15 is 0 Å². The van der Waals surface area contributed by atoms with Crippen molar-refractivity contribution in [3.05, 3.63) is 52.4 Å². The van der Waals surface area contributed by atoms with Crippen molar-refractivity contribution in [1.29, 1.82) is 0 Å². The number of aryl methyl sites for hydroxylation is 1. The van der Waals surface area contributed by atoms with Crippen molar-refractivity contribution in [3.63, 3.8) is 0 Å². The highest BCUT2D eigenvalue weighted by Crippen LogP contribution is 2.23. The quantitative estimate of drug-likeness (QED) is 0.806. The molecule has 1 heterocycles. The number of H-pyrrole nitrogens is 1. The second-order valence-corrected chi connectivity index (χ2v) is 4.47. The highest BCUT2D eigenvalue weighted by molar-refractivity contribution is 7.98. The Balaban J connectivity index is 2.46. The van der Waals surface area contributed by atoms with E-state index in [0.29, 0.717) is 0 Å². The number of nitrogens with one attached hydrogen (secondary N) is 1. The van der Waals surface area contributed by atoms with E-state index < -0.39 is 0 Å². The lowest BCUT2D eigenvalue weighted by Gasteiger charge is -2.05. The van der Waals surface area contributed by atoms with Crippen molar-refractivity contribution in [2.45, 2.75) is 11.8 Å². The molecule has 0 saturated heterocycles. The molecule has 0 aliphatic carbocycles. The first-order valence-corrected chi connectivity index (χ1v) is 6.27. The summed E-state index contributed by atoms with van der Waals surface area (Å²) in [4.78, 5) is 15.2. The monoisotopic (exact) mass is 231 g/mol. The van der Waals surface area contributed by atoms with Gasteiger partial charge in [0.1, 0.15) is 0 Å². The molecule has 0 atom stereocenters. The molecule has 0 aliphatic heterocycles. The number of aromatic amines is 1. The lowest BCUT2D eigenvalue weighted by atomic mass is 10.1. The number of benzene rings is 1. The minimum Gasteiger partial charge on any atom is -0.326 e. The first kappa shape index (κ1) is 11.0. The molecule has 0 bridgehead atoms. The zero-order chi connectivity index (χ0) is 11.5. The zero-order valence-electron chi connectivity index (χ0n) is 9.28. The van der Waals surface area contributed by atoms with Crippen LogP contribution in [0.3, 0.4) is 0 Å². The Morgan fingerprint density at radius 1 is 1.06 bits per heavy atom. The smallest absolute Gasteiger partial charge is 0.248 e. The number of rotatable bonds is 2. The molecule has 0 amide bonds. The Kier molecular flexibility index (Phi) is 3.15. The summed E-state index contributed by atoms with van der Waals surface area (Å²) in [5, 5.41) is 0. The predicted molar refractivity (Wildman–Crippen MR) is 69.0 cm³/mol. The second-order valence-electron chi connectivity index (χ2n) is 3.59. The van der Waals surface area contributed by atoms with Crippen molar-refractivity contribution in [2.24, 2.45) is 0 Å². The van der Waals surface area contributed by atoms with Crippen LogP contribution in [0.2, 0.25) is 0 Å². The third-order valence-corrected chi connectivity index (χ3v) is 3.26. The average molecular weight is 231 g/mol. The zero-order valence-corrected chi connectivity index (χ0v) is 10.1. The SMILES string of the molecule is CSc1ccc(-c2ccc(=O)[nH]c2C)cc1. The molecule has 3 heteroatoms. The van der Waals surface area contributed by atoms with Crippen molar-refractivity contribution >= 4 is 11.8 Å². The molecular formula is C13H13NOS. The van der Waals surface area contributed by atoms with Gasteiger partial charge >= 0.3 is 0 Å². The van der Waals surface area contributed by atoms with Gasteiger partial charge in [-0.05, 0) is 36.9 Å². The van der Waals surface area contributed by atoms with Gasteiger partial charge < -0.3 is 4.98 Å². The highest BCUT2D eigenvalue weighted by Gasteiger charge is 2.02. The molecule has 82 valence electrons. The first-order valence-electron chi connectivity index (χ1n) is 5.05. The van der Waals surface area contributed by atoms with Crippen LogP contribution in [0.1, 0.15) is 5.69 Å². The molecule has 2 aromatic rings. The van der Waals surface area contributed by atoms with Gasteiger partial charge in [-0.15, -0.1) is 11.8 Å². The summed E-state index contributed by atoms with van der Waals surface area (Å²) in [6.07, 6.45) is 2.06. The van der Waals surface area contributed by atoms with E-state index in [4.69, 9.17) is 0 Å². The topological polar surface area (TPSA) is 32.9 Å². The third kappa shape index (κ3) is 2.19. The van der Waals surface area contributed by atoms with Crippen molar-refractivity contribution < 1.29 is 0 Å². The van der Waals surface area contributed by atoms with E-state index in [-0.39, 0.29) is 5.56 Å². The van der Waals surface area contributed by atoms with Gasteiger partial charge in [0.2, 0.25) is 5.56 Å². The number of hydrogen-bond acceptors (Lipinski definition) is 2. The summed E-state index contributed by atoms with van der Waals surface area (Å²) in [5.41, 5.74) is 3.06. The van der Waals surface area contributed by atoms with Gasteiger partial charge in [-0.3, -0.25) is 4.79 Å². The van der Waals surface area contributed by atoms with Gasteiger partial charge in [-0.1, -0.05) is 12.1 Å².